The van der Waals surface area contributed by atoms with Crippen LogP contribution in [0.3, 0.4) is 0 Å². The normalized spacial score (nSPS) is 26.1. The number of hydroxylamine groups is 1. The van der Waals surface area contributed by atoms with Gasteiger partial charge in [-0.25, -0.2) is 4.99 Å². The molecule has 1 unspecified atom stereocenters. The van der Waals surface area contributed by atoms with E-state index >= 15 is 0 Å². The predicted molar refractivity (Wildman–Crippen MR) is 28.0 cm³/mol. The van der Waals surface area contributed by atoms with Crippen LogP contribution >= 0.6 is 0 Å². The molecule has 0 radical (unpaired) electrons. The molecule has 9 heavy (non-hydrogen) atoms. The topological polar surface area (TPSA) is 88.0 Å². The Morgan fingerprint density at radius 3 is 2.67 bits per heavy atom. The molecule has 0 aromatic carbocycles. The molecule has 7 heteroatoms. The molecule has 0 amide bonds. The fourth-order valence-electron chi connectivity index (χ4n) is 0.342. The maximum absolute atomic E-state index is 10.1. The Labute approximate surface area is 51.2 Å². The monoisotopic (exact) mass is 152 g/mol. The van der Waals surface area contributed by atoms with E-state index in [0.29, 0.717) is 0 Å². The van der Waals surface area contributed by atoms with E-state index < -0.39 is 15.6 Å². The standard InChI is InChI=1S/C2H4N2O4S/c5-9(6,7)2-3-1-8-4-2/h1-2,4H,(H,5,6,7). The molecule has 0 aliphatic carbocycles. The van der Waals surface area contributed by atoms with E-state index in [9.17, 15) is 8.42 Å². The fourth-order valence-corrected chi connectivity index (χ4v) is 0.723. The predicted octanol–water partition coefficient (Wildman–Crippen LogP) is -1.28. The highest BCUT2D eigenvalue weighted by Gasteiger charge is 2.24. The second-order valence-electron chi connectivity index (χ2n) is 1.36. The van der Waals surface area contributed by atoms with E-state index in [1.54, 1.807) is 0 Å². The Morgan fingerprint density at radius 1 is 1.78 bits per heavy atom. The van der Waals surface area contributed by atoms with Crippen LogP contribution in [-0.4, -0.2) is 24.9 Å². The van der Waals surface area contributed by atoms with Gasteiger partial charge in [-0.05, 0) is 0 Å². The van der Waals surface area contributed by atoms with Crippen LogP contribution in [0.2, 0.25) is 0 Å². The summed E-state index contributed by atoms with van der Waals surface area (Å²) < 4.78 is 28.5. The number of rotatable bonds is 1. The molecular weight excluding hydrogens is 148 g/mol. The zero-order chi connectivity index (χ0) is 6.91. The van der Waals surface area contributed by atoms with Gasteiger partial charge < -0.3 is 4.84 Å². The van der Waals surface area contributed by atoms with Gasteiger partial charge in [-0.15, -0.1) is 5.48 Å². The largest absolute Gasteiger partial charge is 0.394 e. The highest BCUT2D eigenvalue weighted by Crippen LogP contribution is 1.98. The molecule has 1 atom stereocenters. The molecule has 52 valence electrons. The second-order valence-corrected chi connectivity index (χ2v) is 2.83. The van der Waals surface area contributed by atoms with Crippen LogP contribution < -0.4 is 5.48 Å². The van der Waals surface area contributed by atoms with E-state index in [1.807, 2.05) is 5.48 Å². The summed E-state index contributed by atoms with van der Waals surface area (Å²) in [4.78, 5) is 7.41. The van der Waals surface area contributed by atoms with Gasteiger partial charge in [0.15, 0.2) is 6.40 Å². The minimum absolute atomic E-state index is 0.901. The lowest BCUT2D eigenvalue weighted by atomic mass is 11.2. The first-order valence-corrected chi connectivity index (χ1v) is 3.50. The third-order valence-corrected chi connectivity index (χ3v) is 1.48. The molecule has 6 nitrogen and oxygen atoms in total. The van der Waals surface area contributed by atoms with Gasteiger partial charge >= 0.3 is 10.1 Å². The fraction of sp³-hybridized carbons (Fsp3) is 0.500. The van der Waals surface area contributed by atoms with Crippen LogP contribution in [0.25, 0.3) is 0 Å². The van der Waals surface area contributed by atoms with Crippen molar-refractivity contribution in [1.82, 2.24) is 5.48 Å². The van der Waals surface area contributed by atoms with Gasteiger partial charge in [-0.3, -0.25) is 4.55 Å². The van der Waals surface area contributed by atoms with Crippen molar-refractivity contribution in [3.63, 3.8) is 0 Å². The number of nitrogens with one attached hydrogen (secondary N) is 1. The molecule has 1 heterocycles. The first kappa shape index (κ1) is 6.46. The number of nitrogens with zero attached hydrogens (tertiary/aromatic N) is 1. The number of hydrogen-bond donors (Lipinski definition) is 2. The first-order valence-electron chi connectivity index (χ1n) is 2.00. The van der Waals surface area contributed by atoms with Crippen LogP contribution in [0, 0.1) is 0 Å². The maximum atomic E-state index is 10.1. The molecule has 0 aromatic heterocycles. The SMILES string of the molecule is O=S(=O)(O)C1N=CON1. The van der Waals surface area contributed by atoms with E-state index in [4.69, 9.17) is 4.55 Å². The maximum Gasteiger partial charge on any atom is 0.305 e. The molecule has 0 fully saturated rings. The van der Waals surface area contributed by atoms with Gasteiger partial charge in [0.05, 0.1) is 0 Å². The van der Waals surface area contributed by atoms with Crippen LogP contribution in [0.1, 0.15) is 0 Å². The van der Waals surface area contributed by atoms with Crippen LogP contribution in [-0.2, 0) is 15.0 Å². The summed E-state index contributed by atoms with van der Waals surface area (Å²) in [6.45, 7) is 0. The van der Waals surface area contributed by atoms with Crippen LogP contribution in [0.15, 0.2) is 4.99 Å². The molecule has 2 N–H and O–H groups in total. The van der Waals surface area contributed by atoms with Gasteiger partial charge in [0, 0.05) is 0 Å². The smallest absolute Gasteiger partial charge is 0.305 e. The van der Waals surface area contributed by atoms with E-state index in [0.717, 1.165) is 6.40 Å². The van der Waals surface area contributed by atoms with E-state index in [1.165, 1.54) is 0 Å². The summed E-state index contributed by atoms with van der Waals surface area (Å²) >= 11 is 0. The lowest BCUT2D eigenvalue weighted by molar-refractivity contribution is 0.208. The van der Waals surface area contributed by atoms with Crippen molar-refractivity contribution < 1.29 is 17.8 Å². The summed E-state index contributed by atoms with van der Waals surface area (Å²) in [5.41, 5.74) is 0.573. The summed E-state index contributed by atoms with van der Waals surface area (Å²) in [5.74, 6) is 0. The highest BCUT2D eigenvalue weighted by atomic mass is 32.2. The molecule has 1 aliphatic rings. The summed E-state index contributed by atoms with van der Waals surface area (Å²) in [5, 5.41) is 0. The first-order chi connectivity index (χ1) is 4.11. The third kappa shape index (κ3) is 1.37. The Morgan fingerprint density at radius 2 is 2.44 bits per heavy atom. The Bertz CT molecular complexity index is 219. The minimum atomic E-state index is -4.14. The van der Waals surface area contributed by atoms with Crippen molar-refractivity contribution in [3.8, 4) is 0 Å². The molecular formula is C2H4N2O4S. The summed E-state index contributed by atoms with van der Waals surface area (Å²) in [7, 11) is -4.14. The summed E-state index contributed by atoms with van der Waals surface area (Å²) in [6, 6.07) is 0. The van der Waals surface area contributed by atoms with Gasteiger partial charge in [0.2, 0.25) is 0 Å². The van der Waals surface area contributed by atoms with Crippen molar-refractivity contribution in [1.29, 1.82) is 0 Å². The Kier molecular flexibility index (Phi) is 1.39. The average molecular weight is 152 g/mol. The highest BCUT2D eigenvalue weighted by molar-refractivity contribution is 7.86. The van der Waals surface area contributed by atoms with Crippen LogP contribution in [0.4, 0.5) is 0 Å². The van der Waals surface area contributed by atoms with Crippen LogP contribution in [0.5, 0.6) is 0 Å². The Hall–Kier alpha value is -0.660. The van der Waals surface area contributed by atoms with Crippen molar-refractivity contribution >= 4 is 16.5 Å². The molecule has 0 saturated carbocycles. The molecule has 0 saturated heterocycles. The zero-order valence-corrected chi connectivity index (χ0v) is 5.00. The lowest BCUT2D eigenvalue weighted by Gasteiger charge is -1.99. The van der Waals surface area contributed by atoms with Gasteiger partial charge in [0.25, 0.3) is 5.50 Å². The summed E-state index contributed by atoms with van der Waals surface area (Å²) in [6.07, 6.45) is 0.901. The molecule has 0 aromatic rings. The van der Waals surface area contributed by atoms with Gasteiger partial charge in [-0.1, -0.05) is 0 Å². The third-order valence-electron chi connectivity index (χ3n) is 0.700. The average Bonchev–Trinajstić information content (AvgIpc) is 2.08. The lowest BCUT2D eigenvalue weighted by Crippen LogP contribution is -2.29. The van der Waals surface area contributed by atoms with Crippen molar-refractivity contribution in [2.24, 2.45) is 4.99 Å². The molecule has 1 rings (SSSR count). The van der Waals surface area contributed by atoms with Crippen molar-refractivity contribution in [3.05, 3.63) is 0 Å². The van der Waals surface area contributed by atoms with Gasteiger partial charge in [-0.2, -0.15) is 8.42 Å². The molecule has 1 aliphatic heterocycles. The number of aliphatic imine (C=N–C) groups is 1. The minimum Gasteiger partial charge on any atom is -0.394 e. The van der Waals surface area contributed by atoms with Crippen molar-refractivity contribution in [2.75, 3.05) is 0 Å². The van der Waals surface area contributed by atoms with E-state index in [-0.39, 0.29) is 0 Å². The molecule has 0 bridgehead atoms. The number of hydrogen-bond acceptors (Lipinski definition) is 5. The quantitative estimate of drug-likeness (QED) is 0.457. The zero-order valence-electron chi connectivity index (χ0n) is 4.18. The van der Waals surface area contributed by atoms with Gasteiger partial charge in [0.1, 0.15) is 0 Å². The molecule has 0 spiro atoms. The second kappa shape index (κ2) is 1.94. The van der Waals surface area contributed by atoms with E-state index in [2.05, 4.69) is 9.83 Å². The van der Waals surface area contributed by atoms with Crippen molar-refractivity contribution in [2.45, 2.75) is 5.50 Å². The Balaban J connectivity index is 2.76.